The minimum atomic E-state index is 1.14. The molecule has 0 aromatic carbocycles. The van der Waals surface area contributed by atoms with E-state index in [9.17, 15) is 0 Å². The number of aromatic amines is 1. The molecule has 0 aliphatic rings. The SMILES string of the molecule is C=CCCCCCCCc1ccc(-c2cccnc2)[nH]1. The number of nitrogens with zero attached hydrogens (tertiary/aromatic N) is 1. The fourth-order valence-electron chi connectivity index (χ4n) is 2.41. The molecular formula is C18H24N2. The third kappa shape index (κ3) is 4.69. The average molecular weight is 268 g/mol. The topological polar surface area (TPSA) is 28.7 Å². The van der Waals surface area contributed by atoms with Gasteiger partial charge in [0.25, 0.3) is 0 Å². The number of aryl methyl sites for hydroxylation is 1. The van der Waals surface area contributed by atoms with E-state index in [0.29, 0.717) is 0 Å². The Hall–Kier alpha value is -1.83. The van der Waals surface area contributed by atoms with E-state index in [-0.39, 0.29) is 0 Å². The summed E-state index contributed by atoms with van der Waals surface area (Å²) in [6, 6.07) is 8.40. The lowest BCUT2D eigenvalue weighted by molar-refractivity contribution is 0.615. The van der Waals surface area contributed by atoms with Crippen molar-refractivity contribution in [3.05, 3.63) is 55.0 Å². The maximum Gasteiger partial charge on any atom is 0.0471 e. The summed E-state index contributed by atoms with van der Waals surface area (Å²) < 4.78 is 0. The van der Waals surface area contributed by atoms with E-state index >= 15 is 0 Å². The zero-order valence-corrected chi connectivity index (χ0v) is 12.1. The Morgan fingerprint density at radius 2 is 1.90 bits per heavy atom. The second-order valence-electron chi connectivity index (χ2n) is 5.23. The molecule has 2 rings (SSSR count). The Labute approximate surface area is 122 Å². The van der Waals surface area contributed by atoms with Gasteiger partial charge in [0.2, 0.25) is 0 Å². The van der Waals surface area contributed by atoms with Gasteiger partial charge in [-0.1, -0.05) is 25.3 Å². The lowest BCUT2D eigenvalue weighted by Crippen LogP contribution is -1.87. The number of pyridine rings is 1. The van der Waals surface area contributed by atoms with Gasteiger partial charge in [0.15, 0.2) is 0 Å². The molecule has 2 aromatic rings. The Balaban J connectivity index is 1.70. The zero-order chi connectivity index (χ0) is 14.0. The molecule has 0 amide bonds. The van der Waals surface area contributed by atoms with Crippen molar-refractivity contribution in [1.29, 1.82) is 0 Å². The first-order valence-corrected chi connectivity index (χ1v) is 7.59. The number of hydrogen-bond acceptors (Lipinski definition) is 1. The van der Waals surface area contributed by atoms with E-state index < -0.39 is 0 Å². The number of unbranched alkanes of at least 4 members (excludes halogenated alkanes) is 5. The van der Waals surface area contributed by atoms with Crippen LogP contribution in [0.25, 0.3) is 11.3 Å². The molecule has 2 aromatic heterocycles. The van der Waals surface area contributed by atoms with Crippen LogP contribution in [0.1, 0.15) is 44.2 Å². The second-order valence-corrected chi connectivity index (χ2v) is 5.23. The van der Waals surface area contributed by atoms with Crippen molar-refractivity contribution in [1.82, 2.24) is 9.97 Å². The second kappa shape index (κ2) is 8.36. The lowest BCUT2D eigenvalue weighted by atomic mass is 10.1. The van der Waals surface area contributed by atoms with Crippen LogP contribution >= 0.6 is 0 Å². The fraction of sp³-hybridized carbons (Fsp3) is 0.389. The van der Waals surface area contributed by atoms with Gasteiger partial charge < -0.3 is 4.98 Å². The van der Waals surface area contributed by atoms with Crippen molar-refractivity contribution in [2.24, 2.45) is 0 Å². The molecule has 0 aliphatic carbocycles. The van der Waals surface area contributed by atoms with Crippen LogP contribution in [0.3, 0.4) is 0 Å². The van der Waals surface area contributed by atoms with Crippen LogP contribution in [0, 0.1) is 0 Å². The minimum Gasteiger partial charge on any atom is -0.358 e. The number of rotatable bonds is 9. The molecule has 0 fully saturated rings. The Kier molecular flexibility index (Phi) is 6.09. The molecule has 0 radical (unpaired) electrons. The highest BCUT2D eigenvalue weighted by molar-refractivity contribution is 5.58. The predicted octanol–water partition coefficient (Wildman–Crippen LogP) is 5.15. The Morgan fingerprint density at radius 3 is 2.70 bits per heavy atom. The first-order chi connectivity index (χ1) is 9.90. The van der Waals surface area contributed by atoms with Gasteiger partial charge in [-0.25, -0.2) is 0 Å². The normalized spacial score (nSPS) is 10.6. The van der Waals surface area contributed by atoms with Gasteiger partial charge >= 0.3 is 0 Å². The van der Waals surface area contributed by atoms with E-state index in [4.69, 9.17) is 0 Å². The van der Waals surface area contributed by atoms with Crippen molar-refractivity contribution in [2.45, 2.75) is 44.9 Å². The van der Waals surface area contributed by atoms with Crippen molar-refractivity contribution in [2.75, 3.05) is 0 Å². The molecule has 20 heavy (non-hydrogen) atoms. The summed E-state index contributed by atoms with van der Waals surface area (Å²) in [5.41, 5.74) is 3.65. The van der Waals surface area contributed by atoms with Crippen LogP contribution in [0.5, 0.6) is 0 Å². The highest BCUT2D eigenvalue weighted by Crippen LogP contribution is 2.18. The molecule has 0 unspecified atom stereocenters. The molecule has 106 valence electrons. The molecule has 2 heterocycles. The number of hydrogen-bond donors (Lipinski definition) is 1. The molecule has 1 N–H and O–H groups in total. The summed E-state index contributed by atoms with van der Waals surface area (Å²) in [5.74, 6) is 0. The molecule has 0 saturated heterocycles. The van der Waals surface area contributed by atoms with Gasteiger partial charge in [0.05, 0.1) is 0 Å². The molecule has 0 bridgehead atoms. The largest absolute Gasteiger partial charge is 0.358 e. The van der Waals surface area contributed by atoms with E-state index in [0.717, 1.165) is 18.4 Å². The van der Waals surface area contributed by atoms with Gasteiger partial charge in [-0.2, -0.15) is 0 Å². The third-order valence-corrected chi connectivity index (χ3v) is 3.57. The number of H-pyrrole nitrogens is 1. The molecule has 2 nitrogen and oxygen atoms in total. The summed E-state index contributed by atoms with van der Waals surface area (Å²) in [5, 5.41) is 0. The lowest BCUT2D eigenvalue weighted by Gasteiger charge is -2.00. The molecule has 0 spiro atoms. The number of allylic oxidation sites excluding steroid dienone is 1. The van der Waals surface area contributed by atoms with E-state index in [1.54, 1.807) is 6.20 Å². The molecule has 0 aliphatic heterocycles. The maximum absolute atomic E-state index is 4.15. The van der Waals surface area contributed by atoms with Crippen molar-refractivity contribution < 1.29 is 0 Å². The fourth-order valence-corrected chi connectivity index (χ4v) is 2.41. The summed E-state index contributed by atoms with van der Waals surface area (Å²) in [6.45, 7) is 3.75. The van der Waals surface area contributed by atoms with Crippen LogP contribution < -0.4 is 0 Å². The smallest absolute Gasteiger partial charge is 0.0471 e. The van der Waals surface area contributed by atoms with Crippen LogP contribution in [0.4, 0.5) is 0 Å². The summed E-state index contributed by atoms with van der Waals surface area (Å²) in [4.78, 5) is 7.64. The quantitative estimate of drug-likeness (QED) is 0.494. The standard InChI is InChI=1S/C18H24N2/c1-2-3-4-5-6-7-8-11-17-12-13-18(20-17)16-10-9-14-19-15-16/h2,9-10,12-15,20H,1,3-8,11H2. The predicted molar refractivity (Wildman–Crippen MR) is 85.6 cm³/mol. The number of aromatic nitrogens is 2. The van der Waals surface area contributed by atoms with Gasteiger partial charge in [0, 0.05) is 29.3 Å². The van der Waals surface area contributed by atoms with E-state index in [1.807, 2.05) is 18.3 Å². The molecule has 2 heteroatoms. The first kappa shape index (κ1) is 14.6. The summed E-state index contributed by atoms with van der Waals surface area (Å²) in [7, 11) is 0. The zero-order valence-electron chi connectivity index (χ0n) is 12.1. The van der Waals surface area contributed by atoms with Gasteiger partial charge in [-0.15, -0.1) is 6.58 Å². The first-order valence-electron chi connectivity index (χ1n) is 7.59. The van der Waals surface area contributed by atoms with Crippen molar-refractivity contribution in [3.63, 3.8) is 0 Å². The van der Waals surface area contributed by atoms with Gasteiger partial charge in [-0.05, 0) is 49.9 Å². The molecular weight excluding hydrogens is 244 g/mol. The summed E-state index contributed by atoms with van der Waals surface area (Å²) >= 11 is 0. The third-order valence-electron chi connectivity index (χ3n) is 3.57. The van der Waals surface area contributed by atoms with Crippen LogP contribution in [-0.4, -0.2) is 9.97 Å². The Bertz CT molecular complexity index is 499. The average Bonchev–Trinajstić information content (AvgIpc) is 2.96. The Morgan fingerprint density at radius 1 is 1.05 bits per heavy atom. The van der Waals surface area contributed by atoms with Crippen LogP contribution in [-0.2, 0) is 6.42 Å². The van der Waals surface area contributed by atoms with Crippen molar-refractivity contribution in [3.8, 4) is 11.3 Å². The highest BCUT2D eigenvalue weighted by Gasteiger charge is 2.01. The molecule has 0 saturated carbocycles. The maximum atomic E-state index is 4.15. The van der Waals surface area contributed by atoms with Crippen molar-refractivity contribution >= 4 is 0 Å². The van der Waals surface area contributed by atoms with E-state index in [1.165, 1.54) is 43.5 Å². The highest BCUT2D eigenvalue weighted by atomic mass is 14.7. The minimum absolute atomic E-state index is 1.14. The van der Waals surface area contributed by atoms with E-state index in [2.05, 4.69) is 34.7 Å². The monoisotopic (exact) mass is 268 g/mol. The number of nitrogens with one attached hydrogen (secondary N) is 1. The van der Waals surface area contributed by atoms with Gasteiger partial charge in [0.1, 0.15) is 0 Å². The van der Waals surface area contributed by atoms with Crippen LogP contribution in [0.15, 0.2) is 49.3 Å². The molecule has 0 atom stereocenters. The summed E-state index contributed by atoms with van der Waals surface area (Å²) in [6.07, 6.45) is 14.6. The van der Waals surface area contributed by atoms with Crippen LogP contribution in [0.2, 0.25) is 0 Å². The van der Waals surface area contributed by atoms with Gasteiger partial charge in [-0.3, -0.25) is 4.98 Å².